The molecule has 6 heteroatoms. The van der Waals surface area contributed by atoms with E-state index in [0.29, 0.717) is 0 Å². The minimum absolute atomic E-state index is 0. The number of pyridine rings is 1. The largest absolute Gasteiger partial charge is 0.478 e. The summed E-state index contributed by atoms with van der Waals surface area (Å²) in [6.45, 7) is 0. The average Bonchev–Trinajstić information content (AvgIpc) is 1.94. The maximum Gasteiger partial charge on any atom is 0.339 e. The number of rotatable bonds is 1. The van der Waals surface area contributed by atoms with Crippen LogP contribution in [0.15, 0.2) is 12.4 Å². The van der Waals surface area contributed by atoms with Gasteiger partial charge in [0.25, 0.3) is 0 Å². The van der Waals surface area contributed by atoms with Gasteiger partial charge in [-0.05, 0) is 0 Å². The molecule has 0 bridgehead atoms. The van der Waals surface area contributed by atoms with Crippen LogP contribution < -0.4 is 5.73 Å². The number of aromatic nitrogens is 1. The maximum absolute atomic E-state index is 12.5. The van der Waals surface area contributed by atoms with Gasteiger partial charge < -0.3 is 10.8 Å². The quantitative estimate of drug-likeness (QED) is 0.694. The van der Waals surface area contributed by atoms with Crippen molar-refractivity contribution in [2.24, 2.45) is 0 Å². The van der Waals surface area contributed by atoms with Crippen LogP contribution in [0.25, 0.3) is 0 Å². The Kier molecular flexibility index (Phi) is 3.43. The average molecular weight is 193 g/mol. The summed E-state index contributed by atoms with van der Waals surface area (Å²) in [7, 11) is 0. The summed E-state index contributed by atoms with van der Waals surface area (Å²) < 4.78 is 12.5. The lowest BCUT2D eigenvalue weighted by atomic mass is 10.2. The lowest BCUT2D eigenvalue weighted by Gasteiger charge is -1.98. The van der Waals surface area contributed by atoms with Crippen molar-refractivity contribution in [2.45, 2.75) is 0 Å². The molecule has 0 fully saturated rings. The second-order valence-electron chi connectivity index (χ2n) is 1.89. The summed E-state index contributed by atoms with van der Waals surface area (Å²) in [5, 5.41) is 8.40. The molecule has 12 heavy (non-hydrogen) atoms. The van der Waals surface area contributed by atoms with Crippen LogP contribution >= 0.6 is 12.4 Å². The number of hydrogen-bond acceptors (Lipinski definition) is 3. The molecule has 4 nitrogen and oxygen atoms in total. The molecular weight excluding hydrogens is 187 g/mol. The molecule has 1 heterocycles. The Bertz CT molecular complexity index is 306. The smallest absolute Gasteiger partial charge is 0.339 e. The zero-order valence-electron chi connectivity index (χ0n) is 5.82. The van der Waals surface area contributed by atoms with Crippen LogP contribution in [-0.2, 0) is 0 Å². The lowest BCUT2D eigenvalue weighted by Crippen LogP contribution is -2.05. The molecule has 0 unspecified atom stereocenters. The van der Waals surface area contributed by atoms with Gasteiger partial charge in [-0.25, -0.2) is 9.18 Å². The first-order valence-corrected chi connectivity index (χ1v) is 2.75. The highest BCUT2D eigenvalue weighted by Crippen LogP contribution is 2.13. The fourth-order valence-corrected chi connectivity index (χ4v) is 0.615. The predicted molar refractivity (Wildman–Crippen MR) is 42.8 cm³/mol. The molecule has 0 radical (unpaired) electrons. The van der Waals surface area contributed by atoms with E-state index in [-0.39, 0.29) is 23.7 Å². The number of hydrogen-bond donors (Lipinski definition) is 2. The second kappa shape index (κ2) is 3.87. The highest BCUT2D eigenvalue weighted by molar-refractivity contribution is 5.93. The van der Waals surface area contributed by atoms with Crippen LogP contribution in [0.5, 0.6) is 0 Å². The minimum atomic E-state index is -1.28. The highest BCUT2D eigenvalue weighted by atomic mass is 35.5. The van der Waals surface area contributed by atoms with Gasteiger partial charge in [-0.15, -0.1) is 12.4 Å². The normalized spacial score (nSPS) is 8.75. The topological polar surface area (TPSA) is 76.2 Å². The zero-order valence-corrected chi connectivity index (χ0v) is 6.64. The van der Waals surface area contributed by atoms with Gasteiger partial charge in [0.2, 0.25) is 0 Å². The Labute approximate surface area is 73.6 Å². The molecule has 0 saturated carbocycles. The van der Waals surface area contributed by atoms with E-state index in [0.717, 1.165) is 12.4 Å². The number of nitrogens with zero attached hydrogens (tertiary/aromatic N) is 1. The van der Waals surface area contributed by atoms with Gasteiger partial charge in [0.05, 0.1) is 11.9 Å². The first-order valence-electron chi connectivity index (χ1n) is 2.75. The Morgan fingerprint density at radius 2 is 2.17 bits per heavy atom. The summed E-state index contributed by atoms with van der Waals surface area (Å²) in [5.41, 5.74) is 4.39. The number of anilines is 1. The molecule has 66 valence electrons. The van der Waals surface area contributed by atoms with Crippen LogP contribution in [0.4, 0.5) is 10.1 Å². The molecule has 0 saturated heterocycles. The van der Waals surface area contributed by atoms with Crippen LogP contribution in [0, 0.1) is 5.82 Å². The van der Waals surface area contributed by atoms with Crippen molar-refractivity contribution in [3.05, 3.63) is 23.8 Å². The molecule has 3 N–H and O–H groups in total. The van der Waals surface area contributed by atoms with Crippen LogP contribution in [0.2, 0.25) is 0 Å². The minimum Gasteiger partial charge on any atom is -0.478 e. The van der Waals surface area contributed by atoms with Gasteiger partial charge in [-0.3, -0.25) is 4.98 Å². The Hall–Kier alpha value is -1.36. The molecule has 0 aromatic carbocycles. The third-order valence-corrected chi connectivity index (χ3v) is 1.17. The third kappa shape index (κ3) is 1.82. The van der Waals surface area contributed by atoms with Crippen molar-refractivity contribution in [3.8, 4) is 0 Å². The summed E-state index contributed by atoms with van der Waals surface area (Å²) >= 11 is 0. The van der Waals surface area contributed by atoms with Crippen molar-refractivity contribution < 1.29 is 14.3 Å². The van der Waals surface area contributed by atoms with E-state index in [2.05, 4.69) is 4.98 Å². The van der Waals surface area contributed by atoms with Gasteiger partial charge in [0.1, 0.15) is 5.56 Å². The predicted octanol–water partition coefficient (Wildman–Crippen LogP) is 0.923. The maximum atomic E-state index is 12.5. The van der Waals surface area contributed by atoms with Crippen molar-refractivity contribution in [1.29, 1.82) is 0 Å². The number of carbonyl (C=O) groups is 1. The van der Waals surface area contributed by atoms with Crippen molar-refractivity contribution in [1.82, 2.24) is 4.98 Å². The second-order valence-corrected chi connectivity index (χ2v) is 1.89. The Morgan fingerprint density at radius 3 is 2.58 bits per heavy atom. The van der Waals surface area contributed by atoms with Gasteiger partial charge >= 0.3 is 5.97 Å². The van der Waals surface area contributed by atoms with E-state index in [4.69, 9.17) is 10.8 Å². The van der Waals surface area contributed by atoms with E-state index in [1.807, 2.05) is 0 Å². The van der Waals surface area contributed by atoms with Crippen LogP contribution in [-0.4, -0.2) is 16.1 Å². The van der Waals surface area contributed by atoms with Gasteiger partial charge in [0, 0.05) is 6.20 Å². The summed E-state index contributed by atoms with van der Waals surface area (Å²) in [6, 6.07) is 0. The number of halogens is 2. The molecule has 0 amide bonds. The summed E-state index contributed by atoms with van der Waals surface area (Å²) in [6.07, 6.45) is 1.86. The molecule has 0 spiro atoms. The van der Waals surface area contributed by atoms with E-state index in [1.54, 1.807) is 0 Å². The number of nitrogens with two attached hydrogens (primary N) is 1. The molecule has 1 aromatic rings. The Morgan fingerprint density at radius 1 is 1.58 bits per heavy atom. The molecule has 0 aliphatic rings. The number of carboxylic acid groups (broad SMARTS) is 1. The SMILES string of the molecule is Cl.Nc1c(F)cncc1C(=O)O. The monoisotopic (exact) mass is 192 g/mol. The molecule has 0 atom stereocenters. The molecule has 0 aliphatic heterocycles. The molecular formula is C6H6ClFN2O2. The van der Waals surface area contributed by atoms with Crippen molar-refractivity contribution in [2.75, 3.05) is 5.73 Å². The summed E-state index contributed by atoms with van der Waals surface area (Å²) in [5.74, 6) is -2.10. The van der Waals surface area contributed by atoms with E-state index in [9.17, 15) is 9.18 Å². The fraction of sp³-hybridized carbons (Fsp3) is 0. The van der Waals surface area contributed by atoms with E-state index in [1.165, 1.54) is 0 Å². The lowest BCUT2D eigenvalue weighted by molar-refractivity contribution is 0.0697. The first-order chi connectivity index (χ1) is 5.13. The van der Waals surface area contributed by atoms with Gasteiger partial charge in [-0.1, -0.05) is 0 Å². The molecule has 0 aliphatic carbocycles. The fourth-order valence-electron chi connectivity index (χ4n) is 0.615. The van der Waals surface area contributed by atoms with E-state index < -0.39 is 11.8 Å². The van der Waals surface area contributed by atoms with Gasteiger partial charge in [0.15, 0.2) is 5.82 Å². The Balaban J connectivity index is 0.00000121. The standard InChI is InChI=1S/C6H5FN2O2.ClH/c7-4-2-9-1-3(5(4)8)6(10)11;/h1-2H,(H2,8,9)(H,10,11);1H. The third-order valence-electron chi connectivity index (χ3n) is 1.17. The van der Waals surface area contributed by atoms with Crippen LogP contribution in [0.1, 0.15) is 10.4 Å². The van der Waals surface area contributed by atoms with Crippen molar-refractivity contribution in [3.63, 3.8) is 0 Å². The zero-order chi connectivity index (χ0) is 8.43. The number of nitrogen functional groups attached to an aromatic ring is 1. The highest BCUT2D eigenvalue weighted by Gasteiger charge is 2.10. The molecule has 1 aromatic heterocycles. The number of carboxylic acids is 1. The summed E-state index contributed by atoms with van der Waals surface area (Å²) in [4.78, 5) is 13.6. The van der Waals surface area contributed by atoms with Crippen LogP contribution in [0.3, 0.4) is 0 Å². The van der Waals surface area contributed by atoms with Crippen molar-refractivity contribution >= 4 is 24.1 Å². The first kappa shape index (κ1) is 10.6. The number of aromatic carboxylic acids is 1. The van der Waals surface area contributed by atoms with E-state index >= 15 is 0 Å². The van der Waals surface area contributed by atoms with Gasteiger partial charge in [-0.2, -0.15) is 0 Å². The molecule has 1 rings (SSSR count).